The number of aliphatic hydroxyl groups is 1. The van der Waals surface area contributed by atoms with Crippen LogP contribution in [0.4, 0.5) is 0 Å². The SMILES string of the molecule is CCNC(C)c1ccc(OC)cc1OCCCCO. The Morgan fingerprint density at radius 2 is 2.11 bits per heavy atom. The van der Waals surface area contributed by atoms with E-state index >= 15 is 0 Å². The van der Waals surface area contributed by atoms with Gasteiger partial charge in [-0.15, -0.1) is 0 Å². The van der Waals surface area contributed by atoms with Crippen LogP contribution in [-0.4, -0.2) is 32.0 Å². The third-order valence-corrected chi connectivity index (χ3v) is 3.01. The summed E-state index contributed by atoms with van der Waals surface area (Å²) in [6.45, 7) is 5.94. The molecule has 4 nitrogen and oxygen atoms in total. The van der Waals surface area contributed by atoms with Crippen molar-refractivity contribution in [3.63, 3.8) is 0 Å². The van der Waals surface area contributed by atoms with Crippen molar-refractivity contribution in [3.05, 3.63) is 23.8 Å². The van der Waals surface area contributed by atoms with Crippen LogP contribution in [0.5, 0.6) is 11.5 Å². The summed E-state index contributed by atoms with van der Waals surface area (Å²) in [7, 11) is 1.65. The second kappa shape index (κ2) is 8.77. The van der Waals surface area contributed by atoms with Gasteiger partial charge in [0.25, 0.3) is 0 Å². The molecule has 0 heterocycles. The van der Waals surface area contributed by atoms with E-state index in [0.29, 0.717) is 6.61 Å². The van der Waals surface area contributed by atoms with Crippen LogP contribution in [0.2, 0.25) is 0 Å². The van der Waals surface area contributed by atoms with Crippen LogP contribution in [0, 0.1) is 0 Å². The Hall–Kier alpha value is -1.26. The quantitative estimate of drug-likeness (QED) is 0.675. The molecule has 0 saturated heterocycles. The topological polar surface area (TPSA) is 50.7 Å². The van der Waals surface area contributed by atoms with E-state index in [0.717, 1.165) is 36.4 Å². The summed E-state index contributed by atoms with van der Waals surface area (Å²) >= 11 is 0. The minimum absolute atomic E-state index is 0.210. The Morgan fingerprint density at radius 3 is 2.74 bits per heavy atom. The van der Waals surface area contributed by atoms with Gasteiger partial charge in [-0.1, -0.05) is 13.0 Å². The van der Waals surface area contributed by atoms with E-state index in [1.54, 1.807) is 7.11 Å². The molecular formula is C15H25NO3. The Morgan fingerprint density at radius 1 is 1.32 bits per heavy atom. The maximum atomic E-state index is 8.77. The molecule has 0 aliphatic carbocycles. The zero-order valence-electron chi connectivity index (χ0n) is 12.1. The number of nitrogens with one attached hydrogen (secondary N) is 1. The lowest BCUT2D eigenvalue weighted by Gasteiger charge is -2.18. The van der Waals surface area contributed by atoms with Gasteiger partial charge in [-0.05, 0) is 32.4 Å². The van der Waals surface area contributed by atoms with Crippen LogP contribution in [0.25, 0.3) is 0 Å². The van der Waals surface area contributed by atoms with E-state index < -0.39 is 0 Å². The summed E-state index contributed by atoms with van der Waals surface area (Å²) in [5.41, 5.74) is 1.13. The van der Waals surface area contributed by atoms with Gasteiger partial charge < -0.3 is 19.9 Å². The van der Waals surface area contributed by atoms with Gasteiger partial charge in [-0.25, -0.2) is 0 Å². The van der Waals surface area contributed by atoms with E-state index in [2.05, 4.69) is 19.2 Å². The lowest BCUT2D eigenvalue weighted by Crippen LogP contribution is -2.18. The minimum Gasteiger partial charge on any atom is -0.497 e. The summed E-state index contributed by atoms with van der Waals surface area (Å²) in [6, 6.07) is 6.14. The molecule has 108 valence electrons. The monoisotopic (exact) mass is 267 g/mol. The van der Waals surface area contributed by atoms with E-state index in [4.69, 9.17) is 14.6 Å². The summed E-state index contributed by atoms with van der Waals surface area (Å²) in [6.07, 6.45) is 1.62. The molecular weight excluding hydrogens is 242 g/mol. The molecule has 4 heteroatoms. The van der Waals surface area contributed by atoms with Crippen molar-refractivity contribution in [2.45, 2.75) is 32.7 Å². The molecule has 0 fully saturated rings. The lowest BCUT2D eigenvalue weighted by molar-refractivity contribution is 0.251. The number of hydrogen-bond donors (Lipinski definition) is 2. The first kappa shape index (κ1) is 15.8. The first-order chi connectivity index (χ1) is 9.22. The molecule has 1 rings (SSSR count). The highest BCUT2D eigenvalue weighted by atomic mass is 16.5. The Balaban J connectivity index is 2.77. The second-order valence-corrected chi connectivity index (χ2v) is 4.46. The highest BCUT2D eigenvalue weighted by Gasteiger charge is 2.12. The maximum Gasteiger partial charge on any atom is 0.127 e. The van der Waals surface area contributed by atoms with E-state index in [1.165, 1.54) is 0 Å². The van der Waals surface area contributed by atoms with Crippen LogP contribution >= 0.6 is 0 Å². The van der Waals surface area contributed by atoms with Crippen molar-refractivity contribution in [2.75, 3.05) is 26.9 Å². The molecule has 1 atom stereocenters. The molecule has 0 amide bonds. The highest BCUT2D eigenvalue weighted by Crippen LogP contribution is 2.29. The predicted octanol–water partition coefficient (Wildman–Crippen LogP) is 2.52. The number of aliphatic hydroxyl groups excluding tert-OH is 1. The molecule has 1 aromatic rings. The lowest BCUT2D eigenvalue weighted by atomic mass is 10.1. The van der Waals surface area contributed by atoms with Crippen molar-refractivity contribution in [1.82, 2.24) is 5.32 Å². The third-order valence-electron chi connectivity index (χ3n) is 3.01. The normalized spacial score (nSPS) is 12.2. The van der Waals surface area contributed by atoms with E-state index in [1.807, 2.05) is 18.2 Å². The molecule has 1 unspecified atom stereocenters. The first-order valence-corrected chi connectivity index (χ1v) is 6.87. The van der Waals surface area contributed by atoms with Gasteiger partial charge in [0.05, 0.1) is 13.7 Å². The van der Waals surface area contributed by atoms with Gasteiger partial charge >= 0.3 is 0 Å². The Kier molecular flexibility index (Phi) is 7.30. The number of unbranched alkanes of at least 4 members (excludes halogenated alkanes) is 1. The molecule has 0 aliphatic heterocycles. The fourth-order valence-electron chi connectivity index (χ4n) is 1.94. The smallest absolute Gasteiger partial charge is 0.127 e. The number of ether oxygens (including phenoxy) is 2. The number of rotatable bonds is 9. The summed E-state index contributed by atoms with van der Waals surface area (Å²) in [5.74, 6) is 1.65. The predicted molar refractivity (Wildman–Crippen MR) is 76.9 cm³/mol. The maximum absolute atomic E-state index is 8.77. The standard InChI is InChI=1S/C15H25NO3/c1-4-16-12(2)14-8-7-13(18-3)11-15(14)19-10-6-5-9-17/h7-8,11-12,16-17H,4-6,9-10H2,1-3H3. The van der Waals surface area contributed by atoms with Gasteiger partial charge in [0.2, 0.25) is 0 Å². The number of methoxy groups -OCH3 is 1. The van der Waals surface area contributed by atoms with Gasteiger partial charge in [-0.2, -0.15) is 0 Å². The van der Waals surface area contributed by atoms with Crippen molar-refractivity contribution in [1.29, 1.82) is 0 Å². The van der Waals surface area contributed by atoms with Crippen molar-refractivity contribution >= 4 is 0 Å². The van der Waals surface area contributed by atoms with Crippen molar-refractivity contribution in [2.24, 2.45) is 0 Å². The summed E-state index contributed by atoms with van der Waals surface area (Å²) < 4.78 is 11.1. The Bertz CT molecular complexity index is 368. The molecule has 2 N–H and O–H groups in total. The average Bonchev–Trinajstić information content (AvgIpc) is 2.43. The summed E-state index contributed by atoms with van der Waals surface area (Å²) in [4.78, 5) is 0. The molecule has 0 spiro atoms. The van der Waals surface area contributed by atoms with E-state index in [9.17, 15) is 0 Å². The second-order valence-electron chi connectivity index (χ2n) is 4.46. The van der Waals surface area contributed by atoms with Crippen LogP contribution < -0.4 is 14.8 Å². The minimum atomic E-state index is 0.210. The van der Waals surface area contributed by atoms with Gasteiger partial charge in [0.1, 0.15) is 11.5 Å². The van der Waals surface area contributed by atoms with Crippen LogP contribution in [0.15, 0.2) is 18.2 Å². The molecule has 1 aromatic carbocycles. The molecule has 0 aliphatic rings. The van der Waals surface area contributed by atoms with Gasteiger partial charge in [-0.3, -0.25) is 0 Å². The Labute approximate surface area is 115 Å². The van der Waals surface area contributed by atoms with Crippen molar-refractivity contribution in [3.8, 4) is 11.5 Å². The van der Waals surface area contributed by atoms with Gasteiger partial charge in [0.15, 0.2) is 0 Å². The van der Waals surface area contributed by atoms with Crippen molar-refractivity contribution < 1.29 is 14.6 Å². The highest BCUT2D eigenvalue weighted by molar-refractivity contribution is 5.42. The fourth-order valence-corrected chi connectivity index (χ4v) is 1.94. The first-order valence-electron chi connectivity index (χ1n) is 6.87. The third kappa shape index (κ3) is 5.09. The molecule has 0 bridgehead atoms. The van der Waals surface area contributed by atoms with Crippen LogP contribution in [0.1, 0.15) is 38.3 Å². The van der Waals surface area contributed by atoms with Crippen LogP contribution in [-0.2, 0) is 0 Å². The number of hydrogen-bond acceptors (Lipinski definition) is 4. The molecule has 19 heavy (non-hydrogen) atoms. The van der Waals surface area contributed by atoms with E-state index in [-0.39, 0.29) is 12.6 Å². The molecule has 0 aromatic heterocycles. The molecule has 0 saturated carbocycles. The zero-order chi connectivity index (χ0) is 14.1. The van der Waals surface area contributed by atoms with Gasteiger partial charge in [0, 0.05) is 24.3 Å². The van der Waals surface area contributed by atoms with Crippen LogP contribution in [0.3, 0.4) is 0 Å². The fraction of sp³-hybridized carbons (Fsp3) is 0.600. The molecule has 0 radical (unpaired) electrons. The summed E-state index contributed by atoms with van der Waals surface area (Å²) in [5, 5.41) is 12.2. The average molecular weight is 267 g/mol. The number of benzene rings is 1. The zero-order valence-corrected chi connectivity index (χ0v) is 12.1. The largest absolute Gasteiger partial charge is 0.497 e.